The van der Waals surface area contributed by atoms with Gasteiger partial charge >= 0.3 is 21.1 Å². The average Bonchev–Trinajstić information content (AvgIpc) is 1.61. The van der Waals surface area contributed by atoms with Crippen LogP contribution in [-0.2, 0) is 31.9 Å². The van der Waals surface area contributed by atoms with Gasteiger partial charge in [0, 0.05) is 101 Å². The van der Waals surface area contributed by atoms with Gasteiger partial charge in [0.15, 0.2) is 0 Å². The molecule has 0 radical (unpaired) electrons. The minimum Gasteiger partial charge on any atom is -0.366 e. The number of benzene rings is 14. The smallest absolute Gasteiger partial charge is 0.366 e. The van der Waals surface area contributed by atoms with Crippen LogP contribution in [0.5, 0.6) is 0 Å². The zero-order valence-electron chi connectivity index (χ0n) is 66.1. The van der Waals surface area contributed by atoms with Gasteiger partial charge in [0.2, 0.25) is 6.71 Å². The molecule has 0 spiro atoms. The molecule has 4 aliphatic rings. The molecule has 15 heteroatoms. The fourth-order valence-corrected chi connectivity index (χ4v) is 20.6. The van der Waals surface area contributed by atoms with Crippen molar-refractivity contribution < 1.29 is 21.1 Å². The van der Waals surface area contributed by atoms with Crippen LogP contribution in [0.25, 0.3) is 96.8 Å². The Morgan fingerprint density at radius 1 is 0.319 bits per heavy atom. The van der Waals surface area contributed by atoms with Crippen LogP contribution >= 0.6 is 22.7 Å². The molecule has 0 aliphatic carbocycles. The monoisotopic (exact) mass is 1740 g/mol. The van der Waals surface area contributed by atoms with E-state index in [1.807, 2.05) is 24.5 Å². The number of anilines is 12. The first kappa shape index (κ1) is 72.3. The fourth-order valence-electron chi connectivity index (χ4n) is 18.7. The molecule has 0 saturated carbocycles. The van der Waals surface area contributed by atoms with Crippen molar-refractivity contribution >= 4 is 201 Å². The number of fused-ring (bicyclic) bond motifs is 16. The topological polar surface area (TPSA) is 74.4 Å². The Morgan fingerprint density at radius 2 is 0.748 bits per heavy atom. The molecule has 0 atom stereocenters. The second kappa shape index (κ2) is 28.0. The molecule has 14 aromatic carbocycles. The Morgan fingerprint density at radius 3 is 1.29 bits per heavy atom. The van der Waals surface area contributed by atoms with Crippen molar-refractivity contribution in [3.8, 4) is 32.8 Å². The minimum absolute atomic E-state index is 0. The van der Waals surface area contributed by atoms with Crippen molar-refractivity contribution in [2.24, 2.45) is 0 Å². The Labute approximate surface area is 713 Å². The maximum Gasteiger partial charge on any atom is 2.00 e. The number of pyridine rings is 2. The molecular formula is C104H74B2N10PtS2. The summed E-state index contributed by atoms with van der Waals surface area (Å²) in [6, 6.07) is 127. The van der Waals surface area contributed by atoms with E-state index in [9.17, 15) is 0 Å². The van der Waals surface area contributed by atoms with E-state index in [2.05, 4.69) is 398 Å². The first-order valence-corrected chi connectivity index (χ1v) is 42.0. The Bertz CT molecular complexity index is 6940. The quantitative estimate of drug-likeness (QED) is 0.110. The third kappa shape index (κ3) is 11.6. The molecule has 0 fully saturated rings. The van der Waals surface area contributed by atoms with Crippen molar-refractivity contribution in [3.63, 3.8) is 0 Å². The van der Waals surface area contributed by atoms with Gasteiger partial charge in [-0.05, 0) is 213 Å². The predicted octanol–water partition coefficient (Wildman–Crippen LogP) is 23.3. The van der Waals surface area contributed by atoms with Gasteiger partial charge in [0.05, 0.1) is 26.8 Å². The van der Waals surface area contributed by atoms with E-state index in [0.29, 0.717) is 0 Å². The molecule has 119 heavy (non-hydrogen) atoms. The van der Waals surface area contributed by atoms with Crippen LogP contribution < -0.4 is 52.4 Å². The van der Waals surface area contributed by atoms with Crippen molar-refractivity contribution in [2.45, 2.75) is 52.4 Å². The summed E-state index contributed by atoms with van der Waals surface area (Å²) in [5.41, 5.74) is 31.9. The molecule has 0 bridgehead atoms. The normalized spacial score (nSPS) is 13.1. The van der Waals surface area contributed by atoms with Crippen molar-refractivity contribution in [1.29, 1.82) is 0 Å². The number of rotatable bonds is 8. The van der Waals surface area contributed by atoms with Gasteiger partial charge in [-0.3, -0.25) is 9.55 Å². The van der Waals surface area contributed by atoms with Crippen LogP contribution in [-0.4, -0.2) is 42.5 Å². The van der Waals surface area contributed by atoms with Crippen LogP contribution in [0, 0.1) is 12.1 Å². The van der Waals surface area contributed by atoms with E-state index < -0.39 is 0 Å². The van der Waals surface area contributed by atoms with E-state index >= 15 is 0 Å². The van der Waals surface area contributed by atoms with E-state index in [1.54, 1.807) is 22.7 Å². The summed E-state index contributed by atoms with van der Waals surface area (Å²) < 4.78 is 6.98. The van der Waals surface area contributed by atoms with Gasteiger partial charge < -0.3 is 24.2 Å². The summed E-state index contributed by atoms with van der Waals surface area (Å²) in [4.78, 5) is 30.1. The Kier molecular flexibility index (Phi) is 17.0. The SMILES string of the molecule is CC(C)(C)c1cc2c3c(c1)N(c1ccccc1)c1cc4c5ccccc5n(-c5ccccn5)c4[c-]c1B3c1[c-]c(-c3nc4ccccc4s3)ccc1N2c1ccccc1.CC(C)(C)c1cc2c3c(c1)N(c1ccccc1)c1cc4c5ccccc5n(-c5ccccn5)c4cc1B3c1cc(-c3nc4ccccc4s3)ccc1N2c1ccccc1.[Pt+2]. The molecule has 0 N–H and O–H groups in total. The fraction of sp³-hybridized carbons (Fsp3) is 0.0769. The molecule has 20 aromatic rings. The first-order valence-electron chi connectivity index (χ1n) is 40.4. The number of thiazole rings is 2. The summed E-state index contributed by atoms with van der Waals surface area (Å²) >= 11 is 3.48. The minimum atomic E-state index is -0.187. The third-order valence-electron chi connectivity index (χ3n) is 24.1. The zero-order valence-corrected chi connectivity index (χ0v) is 70.0. The Balaban J connectivity index is 0.000000142. The standard InChI is InChI=1S/C52H38BN5S.C52H36BN5S.Pt/c2*1-52(2,3)34-29-46-50-47(30-34)57(36-18-8-5-9-19-36)45-31-38-37-20-10-12-22-42(37)58(49-24-14-15-27-54-49)44(38)32-40(45)53(50)39-28-33(51-55-41-21-11-13-23-48(41)59-51)25-26-43(39)56(46)35-16-6-4-7-17-35;/h4-32H,1-3H3;4-27,29-31H,1-3H3;/q;-2;+2. The van der Waals surface area contributed by atoms with E-state index in [0.717, 1.165) is 116 Å². The molecule has 0 unspecified atom stereocenters. The van der Waals surface area contributed by atoms with Crippen molar-refractivity contribution in [1.82, 2.24) is 29.1 Å². The molecule has 4 aliphatic heterocycles. The van der Waals surface area contributed by atoms with Gasteiger partial charge in [-0.2, -0.15) is 22.9 Å². The summed E-state index contributed by atoms with van der Waals surface area (Å²) in [6.07, 6.45) is 3.76. The maximum atomic E-state index is 5.17. The predicted molar refractivity (Wildman–Crippen MR) is 497 cm³/mol. The van der Waals surface area contributed by atoms with Crippen LogP contribution in [0.4, 0.5) is 68.2 Å². The number of para-hydroxylation sites is 8. The summed E-state index contributed by atoms with van der Waals surface area (Å²) in [5, 5.41) is 6.70. The average molecular weight is 1740 g/mol. The first-order chi connectivity index (χ1) is 57.8. The number of nitrogens with zero attached hydrogens (tertiary/aromatic N) is 10. The number of hydrogen-bond donors (Lipinski definition) is 0. The molecule has 10 heterocycles. The van der Waals surface area contributed by atoms with E-state index in [-0.39, 0.29) is 45.3 Å². The van der Waals surface area contributed by atoms with Crippen LogP contribution in [0.3, 0.4) is 0 Å². The van der Waals surface area contributed by atoms with Crippen LogP contribution in [0.1, 0.15) is 52.7 Å². The van der Waals surface area contributed by atoms with Crippen LogP contribution in [0.15, 0.2) is 340 Å². The number of hydrogen-bond acceptors (Lipinski definition) is 10. The summed E-state index contributed by atoms with van der Waals surface area (Å²) in [7, 11) is 0. The molecule has 0 amide bonds. The van der Waals surface area contributed by atoms with Gasteiger partial charge in [0.1, 0.15) is 16.6 Å². The summed E-state index contributed by atoms with van der Waals surface area (Å²) in [5.74, 6) is 1.77. The van der Waals surface area contributed by atoms with Gasteiger partial charge in [-0.15, -0.1) is 52.0 Å². The zero-order chi connectivity index (χ0) is 78.8. The summed E-state index contributed by atoms with van der Waals surface area (Å²) in [6.45, 7) is 13.7. The largest absolute Gasteiger partial charge is 2.00 e. The molecular weight excluding hydrogens is 1670 g/mol. The maximum absolute atomic E-state index is 5.17. The van der Waals surface area contributed by atoms with E-state index in [1.165, 1.54) is 92.7 Å². The Hall–Kier alpha value is -13.2. The molecule has 568 valence electrons. The van der Waals surface area contributed by atoms with Gasteiger partial charge in [0.25, 0.3) is 6.71 Å². The molecule has 10 nitrogen and oxygen atoms in total. The molecule has 0 saturated heterocycles. The second-order valence-corrected chi connectivity index (χ2v) is 35.2. The van der Waals surface area contributed by atoms with E-state index in [4.69, 9.17) is 19.9 Å². The van der Waals surface area contributed by atoms with Crippen LogP contribution in [0.2, 0.25) is 0 Å². The molecule has 24 rings (SSSR count). The van der Waals surface area contributed by atoms with Crippen molar-refractivity contribution in [2.75, 3.05) is 19.6 Å². The third-order valence-corrected chi connectivity index (χ3v) is 26.3. The van der Waals surface area contributed by atoms with Gasteiger partial charge in [-0.25, -0.2) is 15.0 Å². The number of aromatic nitrogens is 6. The molecule has 6 aromatic heterocycles. The second-order valence-electron chi connectivity index (χ2n) is 33.2. The van der Waals surface area contributed by atoms with Crippen molar-refractivity contribution in [3.05, 3.63) is 363 Å². The van der Waals surface area contributed by atoms with Gasteiger partial charge in [-0.1, -0.05) is 204 Å².